The number of carbonyl (C=O) groups is 1. The summed E-state index contributed by atoms with van der Waals surface area (Å²) >= 11 is 5.53. The van der Waals surface area contributed by atoms with Crippen molar-refractivity contribution in [2.75, 3.05) is 32.1 Å². The number of carbonyl (C=O) groups excluding carboxylic acids is 1. The second-order valence-corrected chi connectivity index (χ2v) is 6.16. The van der Waals surface area contributed by atoms with Crippen molar-refractivity contribution in [3.63, 3.8) is 0 Å². The molecular weight excluding hydrogens is 310 g/mol. The minimum atomic E-state index is -0.214. The first-order valence-corrected chi connectivity index (χ1v) is 8.45. The van der Waals surface area contributed by atoms with Gasteiger partial charge in [-0.25, -0.2) is 4.79 Å². The van der Waals surface area contributed by atoms with Gasteiger partial charge in [0, 0.05) is 31.9 Å². The van der Waals surface area contributed by atoms with Crippen molar-refractivity contribution < 1.29 is 9.53 Å². The summed E-state index contributed by atoms with van der Waals surface area (Å²) < 4.78 is 5.05. The molecule has 126 valence electrons. The second-order valence-electron chi connectivity index (χ2n) is 5.77. The zero-order valence-electron chi connectivity index (χ0n) is 14.0. The summed E-state index contributed by atoms with van der Waals surface area (Å²) in [6.07, 6.45) is 1.57. The monoisotopic (exact) mass is 335 g/mol. The molecule has 0 radical (unpaired) electrons. The smallest absolute Gasteiger partial charge is 0.409 e. The number of amides is 1. The van der Waals surface area contributed by atoms with E-state index in [-0.39, 0.29) is 6.09 Å². The minimum Gasteiger partial charge on any atom is -0.450 e. The van der Waals surface area contributed by atoms with Crippen LogP contribution >= 0.6 is 12.2 Å². The van der Waals surface area contributed by atoms with Crippen molar-refractivity contribution >= 4 is 29.1 Å². The molecule has 1 fully saturated rings. The Labute approximate surface area is 143 Å². The van der Waals surface area contributed by atoms with Crippen molar-refractivity contribution in [1.82, 2.24) is 9.80 Å². The molecule has 1 aliphatic heterocycles. The number of ether oxygens (including phenoxy) is 1. The van der Waals surface area contributed by atoms with E-state index in [4.69, 9.17) is 17.0 Å². The van der Waals surface area contributed by atoms with Gasteiger partial charge in [0.15, 0.2) is 5.11 Å². The van der Waals surface area contributed by atoms with Crippen LogP contribution in [0.3, 0.4) is 0 Å². The maximum atomic E-state index is 11.7. The highest BCUT2D eigenvalue weighted by atomic mass is 32.1. The van der Waals surface area contributed by atoms with E-state index < -0.39 is 0 Å². The fraction of sp³-hybridized carbons (Fsp3) is 0.529. The zero-order chi connectivity index (χ0) is 16.8. The van der Waals surface area contributed by atoms with Crippen molar-refractivity contribution in [2.24, 2.45) is 0 Å². The molecule has 1 saturated heterocycles. The average Bonchev–Trinajstić information content (AvgIpc) is 2.56. The van der Waals surface area contributed by atoms with E-state index in [0.717, 1.165) is 18.5 Å². The molecular formula is C17H25N3O2S. The Morgan fingerprint density at radius 1 is 1.39 bits per heavy atom. The molecule has 2 rings (SSSR count). The third kappa shape index (κ3) is 4.58. The number of likely N-dealkylation sites (tertiary alicyclic amines) is 1. The largest absolute Gasteiger partial charge is 0.450 e. The van der Waals surface area contributed by atoms with Crippen LogP contribution in [-0.2, 0) is 4.74 Å². The molecule has 0 aromatic heterocycles. The molecule has 1 aliphatic rings. The second kappa shape index (κ2) is 8.15. The third-order valence-corrected chi connectivity index (χ3v) is 4.64. The van der Waals surface area contributed by atoms with E-state index in [2.05, 4.69) is 23.2 Å². The number of nitrogens with zero attached hydrogens (tertiary/aromatic N) is 2. The number of anilines is 1. The molecule has 0 bridgehead atoms. The predicted molar refractivity (Wildman–Crippen MR) is 96.8 cm³/mol. The summed E-state index contributed by atoms with van der Waals surface area (Å²) in [7, 11) is 2.01. The van der Waals surface area contributed by atoms with Crippen LogP contribution in [0.5, 0.6) is 0 Å². The van der Waals surface area contributed by atoms with Crippen molar-refractivity contribution in [3.8, 4) is 0 Å². The van der Waals surface area contributed by atoms with Gasteiger partial charge in [-0.15, -0.1) is 0 Å². The first-order chi connectivity index (χ1) is 11.0. The van der Waals surface area contributed by atoms with Gasteiger partial charge in [0.1, 0.15) is 0 Å². The average molecular weight is 335 g/mol. The number of nitrogens with one attached hydrogen (secondary N) is 1. The molecule has 1 heterocycles. The van der Waals surface area contributed by atoms with E-state index in [0.29, 0.717) is 30.9 Å². The van der Waals surface area contributed by atoms with Gasteiger partial charge in [-0.3, -0.25) is 0 Å². The highest BCUT2D eigenvalue weighted by Crippen LogP contribution is 2.19. The quantitative estimate of drug-likeness (QED) is 0.859. The van der Waals surface area contributed by atoms with Crippen molar-refractivity contribution in [3.05, 3.63) is 29.8 Å². The number of benzene rings is 1. The van der Waals surface area contributed by atoms with Gasteiger partial charge in [0.25, 0.3) is 0 Å². The molecule has 5 nitrogen and oxygen atoms in total. The normalized spacial score (nSPS) is 15.2. The topological polar surface area (TPSA) is 44.8 Å². The molecule has 23 heavy (non-hydrogen) atoms. The SMILES string of the molecule is CCOC(=O)N1CCC(N(C)C(=S)Nc2ccccc2C)CC1. The zero-order valence-corrected chi connectivity index (χ0v) is 14.9. The number of para-hydroxylation sites is 1. The Morgan fingerprint density at radius 2 is 2.04 bits per heavy atom. The number of thiocarbonyl (C=S) groups is 1. The van der Waals surface area contributed by atoms with E-state index in [1.807, 2.05) is 32.2 Å². The van der Waals surface area contributed by atoms with Gasteiger partial charge in [0.05, 0.1) is 6.61 Å². The highest BCUT2D eigenvalue weighted by Gasteiger charge is 2.27. The lowest BCUT2D eigenvalue weighted by atomic mass is 10.0. The Kier molecular flexibility index (Phi) is 6.21. The summed E-state index contributed by atoms with van der Waals surface area (Å²) in [5, 5.41) is 4.03. The van der Waals surface area contributed by atoms with E-state index >= 15 is 0 Å². The van der Waals surface area contributed by atoms with Gasteiger partial charge in [-0.05, 0) is 50.5 Å². The number of aryl methyl sites for hydroxylation is 1. The van der Waals surface area contributed by atoms with E-state index in [1.54, 1.807) is 4.90 Å². The Hall–Kier alpha value is -1.82. The fourth-order valence-corrected chi connectivity index (χ4v) is 2.99. The van der Waals surface area contributed by atoms with Gasteiger partial charge < -0.3 is 19.9 Å². The van der Waals surface area contributed by atoms with Crippen LogP contribution < -0.4 is 5.32 Å². The lowest BCUT2D eigenvalue weighted by Crippen LogP contribution is -2.48. The number of hydrogen-bond donors (Lipinski definition) is 1. The van der Waals surface area contributed by atoms with Gasteiger partial charge in [-0.1, -0.05) is 18.2 Å². The van der Waals surface area contributed by atoms with Crippen LogP contribution in [0.2, 0.25) is 0 Å². The number of piperidine rings is 1. The van der Waals surface area contributed by atoms with E-state index in [1.165, 1.54) is 5.56 Å². The fourth-order valence-electron chi connectivity index (χ4n) is 2.73. The van der Waals surface area contributed by atoms with Crippen LogP contribution in [0.1, 0.15) is 25.3 Å². The molecule has 0 aliphatic carbocycles. The van der Waals surface area contributed by atoms with Crippen molar-refractivity contribution in [2.45, 2.75) is 32.7 Å². The lowest BCUT2D eigenvalue weighted by Gasteiger charge is -2.37. The molecule has 1 N–H and O–H groups in total. The molecule has 0 unspecified atom stereocenters. The molecule has 6 heteroatoms. The first kappa shape index (κ1) is 17.5. The van der Waals surface area contributed by atoms with Crippen LogP contribution in [0, 0.1) is 6.92 Å². The molecule has 1 aromatic rings. The summed E-state index contributed by atoms with van der Waals surface area (Å²) in [4.78, 5) is 15.6. The molecule has 1 amide bonds. The summed E-state index contributed by atoms with van der Waals surface area (Å²) in [5.74, 6) is 0. The molecule has 0 spiro atoms. The maximum absolute atomic E-state index is 11.7. The molecule has 0 saturated carbocycles. The van der Waals surface area contributed by atoms with Gasteiger partial charge in [-0.2, -0.15) is 0 Å². The number of hydrogen-bond acceptors (Lipinski definition) is 3. The Balaban J connectivity index is 1.87. The Bertz CT molecular complexity index is 557. The minimum absolute atomic E-state index is 0.214. The molecule has 0 atom stereocenters. The predicted octanol–water partition coefficient (Wildman–Crippen LogP) is 3.24. The summed E-state index contributed by atoms with van der Waals surface area (Å²) in [6, 6.07) is 8.43. The van der Waals surface area contributed by atoms with Gasteiger partial charge in [0.2, 0.25) is 0 Å². The Morgan fingerprint density at radius 3 is 2.65 bits per heavy atom. The number of rotatable bonds is 3. The molecule has 1 aromatic carbocycles. The van der Waals surface area contributed by atoms with E-state index in [9.17, 15) is 4.79 Å². The van der Waals surface area contributed by atoms with Crippen LogP contribution in [0.4, 0.5) is 10.5 Å². The summed E-state index contributed by atoms with van der Waals surface area (Å²) in [6.45, 7) is 5.72. The van der Waals surface area contributed by atoms with Gasteiger partial charge >= 0.3 is 6.09 Å². The maximum Gasteiger partial charge on any atom is 0.409 e. The van der Waals surface area contributed by atoms with Crippen LogP contribution in [0.25, 0.3) is 0 Å². The van der Waals surface area contributed by atoms with Crippen LogP contribution in [-0.4, -0.2) is 53.8 Å². The standard InChI is InChI=1S/C17H25N3O2S/c1-4-22-17(21)20-11-9-14(10-12-20)19(3)16(23)18-15-8-6-5-7-13(15)2/h5-8,14H,4,9-12H2,1-3H3,(H,18,23). The first-order valence-electron chi connectivity index (χ1n) is 8.04. The highest BCUT2D eigenvalue weighted by molar-refractivity contribution is 7.80. The lowest BCUT2D eigenvalue weighted by molar-refractivity contribution is 0.0895. The summed E-state index contributed by atoms with van der Waals surface area (Å²) in [5.41, 5.74) is 2.20. The van der Waals surface area contributed by atoms with Crippen molar-refractivity contribution in [1.29, 1.82) is 0 Å². The van der Waals surface area contributed by atoms with Crippen LogP contribution in [0.15, 0.2) is 24.3 Å². The third-order valence-electron chi connectivity index (χ3n) is 4.25.